The molecule has 98 valence electrons. The third-order valence-electron chi connectivity index (χ3n) is 3.32. The average molecular weight is 287 g/mol. The van der Waals surface area contributed by atoms with E-state index >= 15 is 0 Å². The molecule has 18 heavy (non-hydrogen) atoms. The van der Waals surface area contributed by atoms with E-state index in [1.54, 1.807) is 24.3 Å². The molecular weight excluding hydrogens is 272 g/mol. The summed E-state index contributed by atoms with van der Waals surface area (Å²) in [6.07, 6.45) is 3.23. The Bertz CT molecular complexity index is 545. The Kier molecular flexibility index (Phi) is 4.07. The second kappa shape index (κ2) is 5.41. The molecule has 1 aromatic carbocycles. The molecule has 0 aliphatic heterocycles. The van der Waals surface area contributed by atoms with Gasteiger partial charge >= 0.3 is 0 Å². The number of halogens is 1. The van der Waals surface area contributed by atoms with Crippen LogP contribution in [-0.4, -0.2) is 25.2 Å². The third-order valence-corrected chi connectivity index (χ3v) is 5.80. The minimum atomic E-state index is -3.33. The monoisotopic (exact) mass is 286 g/mol. The summed E-state index contributed by atoms with van der Waals surface area (Å²) in [5.41, 5.74) is 0.292. The lowest BCUT2D eigenvalue weighted by molar-refractivity contribution is 0.102. The fourth-order valence-corrected chi connectivity index (χ4v) is 4.36. The molecule has 1 saturated carbocycles. The number of rotatable bonds is 4. The van der Waals surface area contributed by atoms with Gasteiger partial charge in [-0.05, 0) is 25.0 Å². The predicted octanol–water partition coefficient (Wildman–Crippen LogP) is 2.88. The topological polar surface area (TPSA) is 51.2 Å². The maximum atomic E-state index is 12.1. The van der Waals surface area contributed by atoms with E-state index in [1.165, 1.54) is 0 Å². The van der Waals surface area contributed by atoms with Crippen LogP contribution in [0.1, 0.15) is 36.0 Å². The molecule has 0 heterocycles. The lowest BCUT2D eigenvalue weighted by Crippen LogP contribution is -2.26. The molecule has 0 unspecified atom stereocenters. The zero-order valence-electron chi connectivity index (χ0n) is 9.93. The van der Waals surface area contributed by atoms with Gasteiger partial charge in [0, 0.05) is 5.56 Å². The van der Waals surface area contributed by atoms with E-state index in [1.807, 2.05) is 0 Å². The second-order valence-electron chi connectivity index (χ2n) is 4.62. The number of hydrogen-bond acceptors (Lipinski definition) is 3. The fraction of sp³-hybridized carbons (Fsp3) is 0.462. The van der Waals surface area contributed by atoms with Crippen LogP contribution >= 0.6 is 11.6 Å². The molecule has 0 N–H and O–H groups in total. The quantitative estimate of drug-likeness (QED) is 0.800. The Morgan fingerprint density at radius 2 is 1.83 bits per heavy atom. The summed E-state index contributed by atoms with van der Waals surface area (Å²) in [5.74, 6) is -0.839. The van der Waals surface area contributed by atoms with Crippen molar-refractivity contribution in [3.8, 4) is 0 Å². The normalized spacial score (nSPS) is 16.9. The first-order valence-electron chi connectivity index (χ1n) is 6.00. The number of sulfone groups is 1. The smallest absolute Gasteiger partial charge is 0.179 e. The Morgan fingerprint density at radius 3 is 2.44 bits per heavy atom. The average Bonchev–Trinajstić information content (AvgIpc) is 2.82. The van der Waals surface area contributed by atoms with Gasteiger partial charge in [-0.25, -0.2) is 8.42 Å². The van der Waals surface area contributed by atoms with Crippen molar-refractivity contribution in [2.24, 2.45) is 0 Å². The van der Waals surface area contributed by atoms with Crippen LogP contribution < -0.4 is 0 Å². The minimum Gasteiger partial charge on any atom is -0.293 e. The summed E-state index contributed by atoms with van der Waals surface area (Å²) in [4.78, 5) is 12.0. The van der Waals surface area contributed by atoms with Gasteiger partial charge in [-0.3, -0.25) is 4.79 Å². The molecule has 5 heteroatoms. The van der Waals surface area contributed by atoms with Crippen LogP contribution in [0.4, 0.5) is 0 Å². The van der Waals surface area contributed by atoms with Gasteiger partial charge in [0.05, 0.1) is 10.3 Å². The molecule has 0 atom stereocenters. The van der Waals surface area contributed by atoms with E-state index in [4.69, 9.17) is 11.6 Å². The maximum absolute atomic E-state index is 12.1. The highest BCUT2D eigenvalue weighted by atomic mass is 35.5. The summed E-state index contributed by atoms with van der Waals surface area (Å²) >= 11 is 5.89. The van der Waals surface area contributed by atoms with Gasteiger partial charge < -0.3 is 0 Å². The summed E-state index contributed by atoms with van der Waals surface area (Å²) in [6, 6.07) is 6.55. The molecule has 0 saturated heterocycles. The molecule has 0 aromatic heterocycles. The van der Waals surface area contributed by atoms with Crippen molar-refractivity contribution in [3.05, 3.63) is 34.9 Å². The first-order valence-corrected chi connectivity index (χ1v) is 8.09. The van der Waals surface area contributed by atoms with Gasteiger partial charge in [-0.1, -0.05) is 36.6 Å². The molecule has 3 nitrogen and oxygen atoms in total. The fourth-order valence-electron chi connectivity index (χ4n) is 2.31. The van der Waals surface area contributed by atoms with Gasteiger partial charge in [0.15, 0.2) is 15.6 Å². The van der Waals surface area contributed by atoms with E-state index in [2.05, 4.69) is 0 Å². The van der Waals surface area contributed by atoms with Crippen LogP contribution in [0.25, 0.3) is 0 Å². The van der Waals surface area contributed by atoms with Crippen LogP contribution in [0.15, 0.2) is 24.3 Å². The lowest BCUT2D eigenvalue weighted by Gasteiger charge is -2.10. The molecular formula is C13H15ClO3S. The van der Waals surface area contributed by atoms with Gasteiger partial charge in [-0.15, -0.1) is 0 Å². The van der Waals surface area contributed by atoms with E-state index < -0.39 is 21.4 Å². The highest BCUT2D eigenvalue weighted by Gasteiger charge is 2.31. The van der Waals surface area contributed by atoms with Crippen molar-refractivity contribution in [3.63, 3.8) is 0 Å². The summed E-state index contributed by atoms with van der Waals surface area (Å²) in [7, 11) is -3.33. The number of ketones is 1. The minimum absolute atomic E-state index is 0.292. The van der Waals surface area contributed by atoms with Crippen LogP contribution in [0, 0.1) is 0 Å². The highest BCUT2D eigenvalue weighted by Crippen LogP contribution is 2.26. The largest absolute Gasteiger partial charge is 0.293 e. The maximum Gasteiger partial charge on any atom is 0.179 e. The van der Waals surface area contributed by atoms with Crippen LogP contribution in [0.2, 0.25) is 5.02 Å². The highest BCUT2D eigenvalue weighted by molar-refractivity contribution is 7.92. The van der Waals surface area contributed by atoms with Crippen LogP contribution in [0.5, 0.6) is 0 Å². The van der Waals surface area contributed by atoms with Gasteiger partial charge in [0.1, 0.15) is 5.75 Å². The molecule has 1 fully saturated rings. The summed E-state index contributed by atoms with van der Waals surface area (Å²) in [5, 5.41) is -0.0342. The number of carbonyl (C=O) groups is 1. The molecule has 0 radical (unpaired) electrons. The number of hydrogen-bond donors (Lipinski definition) is 0. The molecule has 0 bridgehead atoms. The SMILES string of the molecule is O=C(CS(=O)(=O)C1CCCC1)c1ccccc1Cl. The van der Waals surface area contributed by atoms with Crippen molar-refractivity contribution < 1.29 is 13.2 Å². The third kappa shape index (κ3) is 2.93. The van der Waals surface area contributed by atoms with Gasteiger partial charge in [-0.2, -0.15) is 0 Å². The first kappa shape index (κ1) is 13.6. The van der Waals surface area contributed by atoms with Gasteiger partial charge in [0.2, 0.25) is 0 Å². The van der Waals surface area contributed by atoms with E-state index in [-0.39, 0.29) is 5.25 Å². The Hall–Kier alpha value is -0.870. The Labute approximate surface area is 112 Å². The summed E-state index contributed by atoms with van der Waals surface area (Å²) in [6.45, 7) is 0. The number of carbonyl (C=O) groups excluding carboxylic acids is 1. The van der Waals surface area contributed by atoms with Crippen molar-refractivity contribution in [2.45, 2.75) is 30.9 Å². The van der Waals surface area contributed by atoms with E-state index in [9.17, 15) is 13.2 Å². The zero-order valence-corrected chi connectivity index (χ0v) is 11.5. The first-order chi connectivity index (χ1) is 8.50. The van der Waals surface area contributed by atoms with Crippen LogP contribution in [0.3, 0.4) is 0 Å². The van der Waals surface area contributed by atoms with Gasteiger partial charge in [0.25, 0.3) is 0 Å². The zero-order chi connectivity index (χ0) is 13.2. The van der Waals surface area contributed by atoms with E-state index in [0.29, 0.717) is 23.4 Å². The molecule has 1 aromatic rings. The second-order valence-corrected chi connectivity index (χ2v) is 7.30. The van der Waals surface area contributed by atoms with Crippen molar-refractivity contribution in [1.29, 1.82) is 0 Å². The Morgan fingerprint density at radius 1 is 1.22 bits per heavy atom. The van der Waals surface area contributed by atoms with Crippen molar-refractivity contribution in [2.75, 3.05) is 5.75 Å². The number of Topliss-reactive ketones (excluding diaryl/α,β-unsaturated/α-hetero) is 1. The standard InChI is InChI=1S/C13H15ClO3S/c14-12-8-4-3-7-11(12)13(15)9-18(16,17)10-5-1-2-6-10/h3-4,7-8,10H,1-2,5-6,9H2. The summed E-state index contributed by atoms with van der Waals surface area (Å²) < 4.78 is 24.1. The number of benzene rings is 1. The lowest BCUT2D eigenvalue weighted by atomic mass is 10.1. The Balaban J connectivity index is 2.14. The molecule has 0 spiro atoms. The molecule has 0 amide bonds. The van der Waals surface area contributed by atoms with Crippen LogP contribution in [-0.2, 0) is 9.84 Å². The van der Waals surface area contributed by atoms with E-state index in [0.717, 1.165) is 12.8 Å². The molecule has 1 aliphatic rings. The predicted molar refractivity (Wildman–Crippen MR) is 71.8 cm³/mol. The molecule has 1 aliphatic carbocycles. The van der Waals surface area contributed by atoms with Crippen molar-refractivity contribution in [1.82, 2.24) is 0 Å². The van der Waals surface area contributed by atoms with Crippen molar-refractivity contribution >= 4 is 27.2 Å². The molecule has 2 rings (SSSR count).